The molecular weight excluding hydrogens is 307 g/mol. The first kappa shape index (κ1) is 15.4. The number of hydrogen-bond acceptors (Lipinski definition) is 0. The summed E-state index contributed by atoms with van der Waals surface area (Å²) < 4.78 is 14.5. The Morgan fingerprint density at radius 3 is 2.61 bits per heavy atom. The van der Waals surface area contributed by atoms with Crippen LogP contribution in [0.3, 0.4) is 0 Å². The molecule has 2 aliphatic carbocycles. The molecular formula is C21H24ClF. The summed E-state index contributed by atoms with van der Waals surface area (Å²) in [6.07, 6.45) is 7.93. The molecule has 2 fully saturated rings. The fraction of sp³-hybridized carbons (Fsp3) is 0.524. The Hall–Kier alpha value is -1.08. The number of rotatable bonds is 1. The maximum absolute atomic E-state index is 14.5. The Kier molecular flexibility index (Phi) is 4.09. The summed E-state index contributed by atoms with van der Waals surface area (Å²) >= 11 is 6.00. The summed E-state index contributed by atoms with van der Waals surface area (Å²) in [5.41, 5.74) is 1.19. The van der Waals surface area contributed by atoms with Gasteiger partial charge in [-0.3, -0.25) is 0 Å². The van der Waals surface area contributed by atoms with E-state index in [0.717, 1.165) is 23.1 Å². The lowest BCUT2D eigenvalue weighted by atomic mass is 9.64. The van der Waals surface area contributed by atoms with Gasteiger partial charge in [-0.2, -0.15) is 0 Å². The highest BCUT2D eigenvalue weighted by molar-refractivity contribution is 6.31. The van der Waals surface area contributed by atoms with Gasteiger partial charge in [0.2, 0.25) is 0 Å². The lowest BCUT2D eigenvalue weighted by molar-refractivity contribution is 0.124. The summed E-state index contributed by atoms with van der Waals surface area (Å²) in [6, 6.07) is 9.47. The van der Waals surface area contributed by atoms with E-state index >= 15 is 0 Å². The number of benzene rings is 2. The molecule has 0 radical (unpaired) electrons. The van der Waals surface area contributed by atoms with E-state index in [1.165, 1.54) is 44.1 Å². The minimum absolute atomic E-state index is 0.126. The molecule has 4 atom stereocenters. The van der Waals surface area contributed by atoms with Crippen LogP contribution in [0.15, 0.2) is 30.3 Å². The lowest BCUT2D eigenvalue weighted by Crippen LogP contribution is -2.29. The van der Waals surface area contributed by atoms with Crippen LogP contribution in [0.2, 0.25) is 5.02 Å². The first-order chi connectivity index (χ1) is 11.1. The van der Waals surface area contributed by atoms with Gasteiger partial charge < -0.3 is 0 Å². The highest BCUT2D eigenvalue weighted by Gasteiger charge is 2.34. The third kappa shape index (κ3) is 3.01. The van der Waals surface area contributed by atoms with Gasteiger partial charge >= 0.3 is 0 Å². The summed E-state index contributed by atoms with van der Waals surface area (Å²) in [5.74, 6) is 3.07. The number of fused-ring (bicyclic) bond motifs is 2. The van der Waals surface area contributed by atoms with Gasteiger partial charge in [-0.25, -0.2) is 4.39 Å². The van der Waals surface area contributed by atoms with Crippen LogP contribution in [0.25, 0.3) is 10.8 Å². The largest absolute Gasteiger partial charge is 0.206 e. The van der Waals surface area contributed by atoms with Gasteiger partial charge in [0.1, 0.15) is 5.82 Å². The van der Waals surface area contributed by atoms with E-state index in [2.05, 4.69) is 13.0 Å². The normalized spacial score (nSPS) is 31.1. The molecule has 2 saturated carbocycles. The maximum atomic E-state index is 14.5. The highest BCUT2D eigenvalue weighted by atomic mass is 35.5. The van der Waals surface area contributed by atoms with Gasteiger partial charge in [-0.15, -0.1) is 0 Å². The zero-order chi connectivity index (χ0) is 16.0. The molecule has 0 amide bonds. The third-order valence-electron chi connectivity index (χ3n) is 6.23. The molecule has 0 aliphatic heterocycles. The first-order valence-electron chi connectivity index (χ1n) is 8.99. The van der Waals surface area contributed by atoms with Crippen LogP contribution in [-0.2, 0) is 0 Å². The van der Waals surface area contributed by atoms with Gasteiger partial charge in [-0.1, -0.05) is 37.1 Å². The molecule has 122 valence electrons. The maximum Gasteiger partial charge on any atom is 0.131 e. The van der Waals surface area contributed by atoms with Gasteiger partial charge in [-0.05, 0) is 84.9 Å². The van der Waals surface area contributed by atoms with Crippen molar-refractivity contribution >= 4 is 22.4 Å². The van der Waals surface area contributed by atoms with Crippen molar-refractivity contribution in [2.75, 3.05) is 0 Å². The molecule has 2 aliphatic rings. The number of hydrogen-bond donors (Lipinski definition) is 0. The monoisotopic (exact) mass is 330 g/mol. The van der Waals surface area contributed by atoms with Crippen LogP contribution < -0.4 is 0 Å². The van der Waals surface area contributed by atoms with Crippen LogP contribution >= 0.6 is 11.6 Å². The second-order valence-electron chi connectivity index (χ2n) is 7.82. The Bertz CT molecular complexity index is 723. The van der Waals surface area contributed by atoms with E-state index in [0.29, 0.717) is 16.3 Å². The SMILES string of the molecule is C[C@@H]1CC[C@@H]2CC(c3cc(F)c4cc(Cl)ccc4c3)CCC2C1. The quantitative estimate of drug-likeness (QED) is 0.530. The first-order valence-corrected chi connectivity index (χ1v) is 9.36. The van der Waals surface area contributed by atoms with Crippen molar-refractivity contribution in [2.24, 2.45) is 17.8 Å². The number of halogens is 2. The second-order valence-corrected chi connectivity index (χ2v) is 8.25. The Labute approximate surface area is 143 Å². The molecule has 2 aromatic carbocycles. The zero-order valence-electron chi connectivity index (χ0n) is 13.7. The molecule has 2 aromatic rings. The molecule has 4 rings (SSSR count). The van der Waals surface area contributed by atoms with Crippen molar-refractivity contribution < 1.29 is 4.39 Å². The van der Waals surface area contributed by atoms with E-state index < -0.39 is 0 Å². The minimum atomic E-state index is -0.126. The van der Waals surface area contributed by atoms with Crippen LogP contribution in [0.4, 0.5) is 4.39 Å². The van der Waals surface area contributed by atoms with Crippen molar-refractivity contribution in [2.45, 2.75) is 51.4 Å². The third-order valence-corrected chi connectivity index (χ3v) is 6.47. The molecule has 0 bridgehead atoms. The predicted octanol–water partition coefficient (Wildman–Crippen LogP) is 6.95. The molecule has 0 nitrogen and oxygen atoms in total. The Morgan fingerprint density at radius 2 is 1.74 bits per heavy atom. The fourth-order valence-corrected chi connectivity index (χ4v) is 5.14. The second kappa shape index (κ2) is 6.09. The van der Waals surface area contributed by atoms with Gasteiger partial charge in [0.15, 0.2) is 0 Å². The van der Waals surface area contributed by atoms with Crippen molar-refractivity contribution in [3.8, 4) is 0 Å². The molecule has 2 unspecified atom stereocenters. The Balaban J connectivity index is 1.61. The molecule has 0 aromatic heterocycles. The lowest BCUT2D eigenvalue weighted by Gasteiger charge is -2.41. The summed E-state index contributed by atoms with van der Waals surface area (Å²) in [6.45, 7) is 2.39. The standard InChI is InChI=1S/C21H24ClF/c1-13-2-3-15-9-16(5-4-14(15)8-13)18-10-17-6-7-19(22)12-20(17)21(23)11-18/h6-7,10-16H,2-5,8-9H2,1H3/t13-,14?,15-,16?/m1/s1. The molecule has 0 spiro atoms. The van der Waals surface area contributed by atoms with Gasteiger partial charge in [0.25, 0.3) is 0 Å². The van der Waals surface area contributed by atoms with Crippen molar-refractivity contribution in [3.63, 3.8) is 0 Å². The highest BCUT2D eigenvalue weighted by Crippen LogP contribution is 2.47. The fourth-order valence-electron chi connectivity index (χ4n) is 4.97. The minimum Gasteiger partial charge on any atom is -0.206 e. The van der Waals surface area contributed by atoms with Crippen molar-refractivity contribution in [1.82, 2.24) is 0 Å². The van der Waals surface area contributed by atoms with Gasteiger partial charge in [0.05, 0.1) is 0 Å². The van der Waals surface area contributed by atoms with Crippen molar-refractivity contribution in [1.29, 1.82) is 0 Å². The van der Waals surface area contributed by atoms with E-state index in [-0.39, 0.29) is 5.82 Å². The topological polar surface area (TPSA) is 0 Å². The van der Waals surface area contributed by atoms with E-state index in [1.807, 2.05) is 12.1 Å². The van der Waals surface area contributed by atoms with Crippen LogP contribution in [0, 0.1) is 23.6 Å². The van der Waals surface area contributed by atoms with E-state index in [9.17, 15) is 4.39 Å². The van der Waals surface area contributed by atoms with Crippen molar-refractivity contribution in [3.05, 3.63) is 46.7 Å². The van der Waals surface area contributed by atoms with Gasteiger partial charge in [0, 0.05) is 10.4 Å². The molecule has 0 heterocycles. The molecule has 23 heavy (non-hydrogen) atoms. The predicted molar refractivity (Wildman–Crippen MR) is 95.5 cm³/mol. The summed E-state index contributed by atoms with van der Waals surface area (Å²) in [7, 11) is 0. The van der Waals surface area contributed by atoms with E-state index in [4.69, 9.17) is 11.6 Å². The molecule has 2 heteroatoms. The molecule has 0 saturated heterocycles. The zero-order valence-corrected chi connectivity index (χ0v) is 14.5. The average Bonchev–Trinajstić information content (AvgIpc) is 2.55. The average molecular weight is 331 g/mol. The van der Waals surface area contributed by atoms with Crippen LogP contribution in [0.5, 0.6) is 0 Å². The van der Waals surface area contributed by atoms with Crippen LogP contribution in [-0.4, -0.2) is 0 Å². The smallest absolute Gasteiger partial charge is 0.131 e. The Morgan fingerprint density at radius 1 is 0.957 bits per heavy atom. The summed E-state index contributed by atoms with van der Waals surface area (Å²) in [5, 5.41) is 2.21. The molecule has 0 N–H and O–H groups in total. The summed E-state index contributed by atoms with van der Waals surface area (Å²) in [4.78, 5) is 0. The van der Waals surface area contributed by atoms with Crippen LogP contribution in [0.1, 0.15) is 56.9 Å². The van der Waals surface area contributed by atoms with E-state index in [1.54, 1.807) is 12.1 Å².